The summed E-state index contributed by atoms with van der Waals surface area (Å²) in [5.41, 5.74) is 2.04. The predicted molar refractivity (Wildman–Crippen MR) is 90.5 cm³/mol. The SMILES string of the molecule is S=C1N=C2C=CC=CC2N1.S=C1N=C2C=CC=CC2N1.[Zn]. The Morgan fingerprint density at radius 1 is 0.762 bits per heavy atom. The summed E-state index contributed by atoms with van der Waals surface area (Å²) in [6.07, 6.45) is 15.9. The van der Waals surface area contributed by atoms with Crippen molar-refractivity contribution in [1.29, 1.82) is 0 Å². The van der Waals surface area contributed by atoms with E-state index in [1.54, 1.807) is 0 Å². The van der Waals surface area contributed by atoms with Crippen LogP contribution < -0.4 is 10.6 Å². The van der Waals surface area contributed by atoms with E-state index in [2.05, 4.69) is 20.6 Å². The minimum Gasteiger partial charge on any atom is -0.349 e. The van der Waals surface area contributed by atoms with Crippen LogP contribution in [0.1, 0.15) is 0 Å². The summed E-state index contributed by atoms with van der Waals surface area (Å²) in [4.78, 5) is 8.22. The first-order chi connectivity index (χ1) is 9.72. The number of aliphatic imine (C=N–C) groups is 2. The van der Waals surface area contributed by atoms with Crippen LogP contribution in [0, 0.1) is 0 Å². The second-order valence-corrected chi connectivity index (χ2v) is 5.19. The summed E-state index contributed by atoms with van der Waals surface area (Å²) in [7, 11) is 0. The quantitative estimate of drug-likeness (QED) is 0.506. The second kappa shape index (κ2) is 7.11. The third kappa shape index (κ3) is 3.87. The van der Waals surface area contributed by atoms with Crippen LogP contribution in [-0.2, 0) is 19.5 Å². The Morgan fingerprint density at radius 2 is 1.19 bits per heavy atom. The average molecular weight is 366 g/mol. The van der Waals surface area contributed by atoms with Gasteiger partial charge >= 0.3 is 0 Å². The molecule has 21 heavy (non-hydrogen) atoms. The van der Waals surface area contributed by atoms with Crippen LogP contribution in [0.25, 0.3) is 0 Å². The molecular weight excluding hydrogens is 354 g/mol. The van der Waals surface area contributed by atoms with Gasteiger partial charge in [0.15, 0.2) is 10.2 Å². The second-order valence-electron chi connectivity index (χ2n) is 4.42. The zero-order chi connectivity index (χ0) is 13.9. The molecule has 0 saturated carbocycles. The molecule has 0 aromatic carbocycles. The zero-order valence-corrected chi connectivity index (χ0v) is 15.8. The van der Waals surface area contributed by atoms with E-state index in [9.17, 15) is 0 Å². The maximum Gasteiger partial charge on any atom is 0.193 e. The minimum atomic E-state index is 0. The van der Waals surface area contributed by atoms with Crippen LogP contribution in [0.2, 0.25) is 0 Å². The summed E-state index contributed by atoms with van der Waals surface area (Å²) in [5.74, 6) is 0. The first-order valence-electron chi connectivity index (χ1n) is 6.20. The van der Waals surface area contributed by atoms with Gasteiger partial charge in [0, 0.05) is 19.5 Å². The van der Waals surface area contributed by atoms with Crippen LogP contribution in [0.3, 0.4) is 0 Å². The topological polar surface area (TPSA) is 48.8 Å². The van der Waals surface area contributed by atoms with Crippen molar-refractivity contribution in [3.63, 3.8) is 0 Å². The number of hydrogen-bond acceptors (Lipinski definition) is 2. The molecular formula is C14H12N4S2Zn. The smallest absolute Gasteiger partial charge is 0.193 e. The van der Waals surface area contributed by atoms with E-state index in [-0.39, 0.29) is 31.6 Å². The van der Waals surface area contributed by atoms with Crippen LogP contribution >= 0.6 is 24.4 Å². The Kier molecular flexibility index (Phi) is 5.45. The molecule has 0 aromatic heterocycles. The van der Waals surface area contributed by atoms with Crippen molar-refractivity contribution in [2.45, 2.75) is 12.1 Å². The Bertz CT molecular complexity index is 587. The molecule has 102 valence electrons. The van der Waals surface area contributed by atoms with Crippen LogP contribution in [-0.4, -0.2) is 33.7 Å². The number of nitrogens with one attached hydrogen (secondary N) is 2. The van der Waals surface area contributed by atoms with Gasteiger partial charge in [-0.15, -0.1) is 0 Å². The first-order valence-corrected chi connectivity index (χ1v) is 7.02. The van der Waals surface area contributed by atoms with Gasteiger partial charge in [0.05, 0.1) is 23.5 Å². The Labute approximate surface area is 146 Å². The summed E-state index contributed by atoms with van der Waals surface area (Å²) < 4.78 is 0. The molecule has 2 N–H and O–H groups in total. The molecule has 0 bridgehead atoms. The molecule has 4 nitrogen and oxygen atoms in total. The molecule has 7 heteroatoms. The number of thiocarbonyl (C=S) groups is 2. The van der Waals surface area contributed by atoms with Crippen molar-refractivity contribution in [2.24, 2.45) is 9.98 Å². The van der Waals surface area contributed by atoms with Gasteiger partial charge in [0.2, 0.25) is 0 Å². The van der Waals surface area contributed by atoms with E-state index in [0.717, 1.165) is 11.4 Å². The van der Waals surface area contributed by atoms with Crippen molar-refractivity contribution in [3.8, 4) is 0 Å². The largest absolute Gasteiger partial charge is 0.349 e. The summed E-state index contributed by atoms with van der Waals surface area (Å²) in [6.45, 7) is 0. The molecule has 0 saturated heterocycles. The number of allylic oxidation sites excluding steroid dienone is 4. The number of fused-ring (bicyclic) bond motifs is 2. The molecule has 0 spiro atoms. The standard InChI is InChI=1S/2C7H6N2S.Zn/c2*10-7-8-5-3-1-2-4-6(5)9-7;/h2*1-5H,(H,8,10);. The van der Waals surface area contributed by atoms with E-state index in [0.29, 0.717) is 10.2 Å². The zero-order valence-electron chi connectivity index (χ0n) is 11.2. The summed E-state index contributed by atoms with van der Waals surface area (Å²) in [5, 5.41) is 7.28. The number of nitrogens with zero attached hydrogens (tertiary/aromatic N) is 2. The molecule has 2 unspecified atom stereocenters. The van der Waals surface area contributed by atoms with Gasteiger partial charge in [-0.05, 0) is 36.6 Å². The molecule has 4 aliphatic rings. The maximum absolute atomic E-state index is 4.87. The normalized spacial score (nSPS) is 26.5. The average Bonchev–Trinajstić information content (AvgIpc) is 2.99. The van der Waals surface area contributed by atoms with Gasteiger partial charge in [-0.1, -0.05) is 36.5 Å². The molecule has 0 aromatic rings. The van der Waals surface area contributed by atoms with Crippen LogP contribution in [0.15, 0.2) is 58.6 Å². The van der Waals surface area contributed by atoms with E-state index in [1.165, 1.54) is 0 Å². The van der Waals surface area contributed by atoms with Gasteiger partial charge in [0.25, 0.3) is 0 Å². The van der Waals surface area contributed by atoms with Crippen molar-refractivity contribution in [3.05, 3.63) is 48.6 Å². The fourth-order valence-electron chi connectivity index (χ4n) is 2.09. The van der Waals surface area contributed by atoms with Gasteiger partial charge in [0.1, 0.15) is 0 Å². The Balaban J connectivity index is 0.000000147. The summed E-state index contributed by atoms with van der Waals surface area (Å²) >= 11 is 9.73. The predicted octanol–water partition coefficient (Wildman–Crippen LogP) is 1.62. The maximum atomic E-state index is 4.87. The van der Waals surface area contributed by atoms with Crippen molar-refractivity contribution >= 4 is 46.1 Å². The molecule has 0 amide bonds. The van der Waals surface area contributed by atoms with Gasteiger partial charge < -0.3 is 10.6 Å². The van der Waals surface area contributed by atoms with E-state index in [4.69, 9.17) is 24.4 Å². The fourth-order valence-corrected chi connectivity index (χ4v) is 2.55. The van der Waals surface area contributed by atoms with Crippen molar-refractivity contribution in [2.75, 3.05) is 0 Å². The number of hydrogen-bond donors (Lipinski definition) is 2. The molecule has 0 radical (unpaired) electrons. The molecule has 0 fully saturated rings. The van der Waals surface area contributed by atoms with Crippen molar-refractivity contribution in [1.82, 2.24) is 10.6 Å². The molecule has 2 aliphatic heterocycles. The van der Waals surface area contributed by atoms with E-state index in [1.807, 2.05) is 48.6 Å². The van der Waals surface area contributed by atoms with Crippen LogP contribution in [0.5, 0.6) is 0 Å². The van der Waals surface area contributed by atoms with Gasteiger partial charge in [-0.2, -0.15) is 0 Å². The molecule has 2 heterocycles. The van der Waals surface area contributed by atoms with Crippen molar-refractivity contribution < 1.29 is 19.5 Å². The van der Waals surface area contributed by atoms with E-state index < -0.39 is 0 Å². The van der Waals surface area contributed by atoms with Gasteiger partial charge in [-0.3, -0.25) is 0 Å². The van der Waals surface area contributed by atoms with E-state index >= 15 is 0 Å². The fraction of sp³-hybridized carbons (Fsp3) is 0.143. The third-order valence-corrected chi connectivity index (χ3v) is 3.44. The monoisotopic (exact) mass is 364 g/mol. The van der Waals surface area contributed by atoms with Gasteiger partial charge in [-0.25, -0.2) is 9.98 Å². The molecule has 2 aliphatic carbocycles. The third-order valence-electron chi connectivity index (χ3n) is 3.02. The Morgan fingerprint density at radius 3 is 1.57 bits per heavy atom. The Hall–Kier alpha value is -1.30. The minimum absolute atomic E-state index is 0. The molecule has 4 rings (SSSR count). The summed E-state index contributed by atoms with van der Waals surface area (Å²) in [6, 6.07) is 0.468. The molecule has 2 atom stereocenters. The number of rotatable bonds is 0. The first kappa shape index (κ1) is 16.1. The van der Waals surface area contributed by atoms with Crippen LogP contribution in [0.4, 0.5) is 0 Å².